The highest BCUT2D eigenvalue weighted by Gasteiger charge is 2.19. The summed E-state index contributed by atoms with van der Waals surface area (Å²) in [4.78, 5) is 22.7. The van der Waals surface area contributed by atoms with Gasteiger partial charge >= 0.3 is 5.97 Å². The van der Waals surface area contributed by atoms with Crippen LogP contribution < -0.4 is 5.32 Å². The first kappa shape index (κ1) is 14.9. The van der Waals surface area contributed by atoms with Crippen molar-refractivity contribution in [2.75, 3.05) is 13.7 Å². The molecule has 0 aliphatic rings. The highest BCUT2D eigenvalue weighted by molar-refractivity contribution is 9.12. The third-order valence-electron chi connectivity index (χ3n) is 1.80. The van der Waals surface area contributed by atoms with Crippen LogP contribution in [0.3, 0.4) is 0 Å². The maximum absolute atomic E-state index is 11.7. The zero-order valence-corrected chi connectivity index (χ0v) is 13.4. The maximum Gasteiger partial charge on any atom is 0.325 e. The van der Waals surface area contributed by atoms with Gasteiger partial charge in [0.15, 0.2) is 0 Å². The molecule has 0 saturated carbocycles. The van der Waals surface area contributed by atoms with Crippen LogP contribution >= 0.6 is 54.8 Å². The monoisotopic (exact) mass is 403 g/mol. The molecule has 1 heterocycles. The summed E-state index contributed by atoms with van der Waals surface area (Å²) in [5.41, 5.74) is 0.496. The Morgan fingerprint density at radius 1 is 1.59 bits per heavy atom. The number of esters is 1. The highest BCUT2D eigenvalue weighted by atomic mass is 79.9. The van der Waals surface area contributed by atoms with Crippen molar-refractivity contribution in [1.82, 2.24) is 5.32 Å². The van der Waals surface area contributed by atoms with Crippen molar-refractivity contribution in [1.29, 1.82) is 0 Å². The Hall–Kier alpha value is -0.110. The molecule has 1 rings (SSSR count). The SMILES string of the molecule is COC(=O)C(Cl)CNC(=O)c1cc(Br)sc1Br. The number of amides is 1. The molecule has 94 valence electrons. The Labute approximate surface area is 124 Å². The second-order valence-electron chi connectivity index (χ2n) is 2.94. The molecular formula is C9H8Br2ClNO3S. The number of ether oxygens (including phenoxy) is 1. The Balaban J connectivity index is 2.56. The molecule has 17 heavy (non-hydrogen) atoms. The van der Waals surface area contributed by atoms with Gasteiger partial charge in [-0.2, -0.15) is 0 Å². The van der Waals surface area contributed by atoms with Crippen LogP contribution in [-0.4, -0.2) is 30.9 Å². The van der Waals surface area contributed by atoms with Crippen LogP contribution in [0.2, 0.25) is 0 Å². The number of halogens is 3. The van der Waals surface area contributed by atoms with E-state index in [1.165, 1.54) is 18.4 Å². The van der Waals surface area contributed by atoms with Gasteiger partial charge < -0.3 is 10.1 Å². The number of thiophene rings is 1. The van der Waals surface area contributed by atoms with Crippen molar-refractivity contribution in [3.05, 3.63) is 19.2 Å². The van der Waals surface area contributed by atoms with E-state index < -0.39 is 11.3 Å². The van der Waals surface area contributed by atoms with Crippen molar-refractivity contribution in [3.63, 3.8) is 0 Å². The summed E-state index contributed by atoms with van der Waals surface area (Å²) in [5, 5.41) is 1.67. The van der Waals surface area contributed by atoms with E-state index in [9.17, 15) is 9.59 Å². The van der Waals surface area contributed by atoms with E-state index in [1.54, 1.807) is 6.07 Å². The minimum absolute atomic E-state index is 0.0208. The lowest BCUT2D eigenvalue weighted by Crippen LogP contribution is -2.34. The zero-order valence-electron chi connectivity index (χ0n) is 8.63. The molecule has 1 N–H and O–H groups in total. The van der Waals surface area contributed by atoms with Crippen LogP contribution in [0.5, 0.6) is 0 Å². The van der Waals surface area contributed by atoms with Crippen LogP contribution in [-0.2, 0) is 9.53 Å². The van der Waals surface area contributed by atoms with Crippen LogP contribution in [0, 0.1) is 0 Å². The fraction of sp³-hybridized carbons (Fsp3) is 0.333. The molecule has 0 bridgehead atoms. The third-order valence-corrected chi connectivity index (χ3v) is 4.47. The lowest BCUT2D eigenvalue weighted by molar-refractivity contribution is -0.140. The van der Waals surface area contributed by atoms with Gasteiger partial charge in [-0.15, -0.1) is 22.9 Å². The van der Waals surface area contributed by atoms with E-state index in [0.717, 1.165) is 3.79 Å². The van der Waals surface area contributed by atoms with Gasteiger partial charge in [-0.1, -0.05) is 0 Å². The molecule has 0 fully saturated rings. The Morgan fingerprint density at radius 3 is 2.71 bits per heavy atom. The summed E-state index contributed by atoms with van der Waals surface area (Å²) in [5.74, 6) is -0.870. The van der Waals surface area contributed by atoms with Gasteiger partial charge in [0.25, 0.3) is 5.91 Å². The number of hydrogen-bond acceptors (Lipinski definition) is 4. The number of methoxy groups -OCH3 is 1. The molecule has 1 amide bonds. The summed E-state index contributed by atoms with van der Waals surface area (Å²) in [6.45, 7) is 0.0208. The molecule has 1 unspecified atom stereocenters. The lowest BCUT2D eigenvalue weighted by atomic mass is 10.3. The largest absolute Gasteiger partial charge is 0.468 e. The highest BCUT2D eigenvalue weighted by Crippen LogP contribution is 2.31. The average Bonchev–Trinajstić information content (AvgIpc) is 2.63. The Kier molecular flexibility index (Phi) is 5.91. The summed E-state index contributed by atoms with van der Waals surface area (Å²) in [6, 6.07) is 1.69. The molecule has 0 radical (unpaired) electrons. The number of rotatable bonds is 4. The lowest BCUT2D eigenvalue weighted by Gasteiger charge is -2.08. The third kappa shape index (κ3) is 4.24. The normalized spacial score (nSPS) is 12.0. The first-order chi connectivity index (χ1) is 7.95. The standard InChI is InChI=1S/C9H8Br2ClNO3S/c1-16-9(15)5(12)3-13-8(14)4-2-6(10)17-7(4)11/h2,5H,3H2,1H3,(H,13,14). The predicted molar refractivity (Wildman–Crippen MR) is 73.7 cm³/mol. The fourth-order valence-electron chi connectivity index (χ4n) is 0.984. The molecule has 0 aliphatic heterocycles. The van der Waals surface area contributed by atoms with Crippen molar-refractivity contribution < 1.29 is 14.3 Å². The van der Waals surface area contributed by atoms with Gasteiger partial charge in [-0.3, -0.25) is 9.59 Å². The molecule has 1 aromatic rings. The van der Waals surface area contributed by atoms with Crippen molar-refractivity contribution in [2.45, 2.75) is 5.38 Å². The van der Waals surface area contributed by atoms with Crippen LogP contribution in [0.1, 0.15) is 10.4 Å². The topological polar surface area (TPSA) is 55.4 Å². The van der Waals surface area contributed by atoms with E-state index in [0.29, 0.717) is 9.35 Å². The van der Waals surface area contributed by atoms with E-state index >= 15 is 0 Å². The van der Waals surface area contributed by atoms with Crippen molar-refractivity contribution in [3.8, 4) is 0 Å². The smallest absolute Gasteiger partial charge is 0.325 e. The number of carbonyl (C=O) groups excluding carboxylic acids is 2. The Bertz CT molecular complexity index is 438. The number of nitrogens with one attached hydrogen (secondary N) is 1. The second kappa shape index (κ2) is 6.72. The van der Waals surface area contributed by atoms with Crippen LogP contribution in [0.4, 0.5) is 0 Å². The summed E-state index contributed by atoms with van der Waals surface area (Å²) >= 11 is 13.6. The predicted octanol–water partition coefficient (Wildman–Crippen LogP) is 2.78. The first-order valence-corrected chi connectivity index (χ1v) is 7.24. The first-order valence-electron chi connectivity index (χ1n) is 4.40. The molecule has 1 aromatic heterocycles. The quantitative estimate of drug-likeness (QED) is 0.619. The molecular weight excluding hydrogens is 397 g/mol. The minimum atomic E-state index is -0.884. The summed E-state index contributed by atoms with van der Waals surface area (Å²) in [6.07, 6.45) is 0. The summed E-state index contributed by atoms with van der Waals surface area (Å²) < 4.78 is 5.99. The number of carbonyl (C=O) groups is 2. The number of alkyl halides is 1. The van der Waals surface area contributed by atoms with Crippen LogP contribution in [0.25, 0.3) is 0 Å². The molecule has 0 aliphatic carbocycles. The number of hydrogen-bond donors (Lipinski definition) is 1. The summed E-state index contributed by atoms with van der Waals surface area (Å²) in [7, 11) is 1.24. The van der Waals surface area contributed by atoms with Gasteiger partial charge in [0.2, 0.25) is 0 Å². The molecule has 0 aromatic carbocycles. The average molecular weight is 405 g/mol. The minimum Gasteiger partial charge on any atom is -0.468 e. The second-order valence-corrected chi connectivity index (χ2v) is 7.21. The van der Waals surface area contributed by atoms with Crippen molar-refractivity contribution >= 4 is 66.7 Å². The van der Waals surface area contributed by atoms with E-state index in [2.05, 4.69) is 41.9 Å². The molecule has 4 nitrogen and oxygen atoms in total. The fourth-order valence-corrected chi connectivity index (χ4v) is 3.94. The zero-order chi connectivity index (χ0) is 13.0. The van der Waals surface area contributed by atoms with Gasteiger partial charge in [0.1, 0.15) is 5.38 Å². The molecule has 0 spiro atoms. The van der Waals surface area contributed by atoms with Crippen LogP contribution in [0.15, 0.2) is 13.6 Å². The van der Waals surface area contributed by atoms with Gasteiger partial charge in [-0.25, -0.2) is 0 Å². The van der Waals surface area contributed by atoms with Gasteiger partial charge in [0, 0.05) is 6.54 Å². The molecule has 0 saturated heterocycles. The van der Waals surface area contributed by atoms with E-state index in [-0.39, 0.29) is 12.5 Å². The van der Waals surface area contributed by atoms with E-state index in [1.807, 2.05) is 0 Å². The van der Waals surface area contributed by atoms with Crippen molar-refractivity contribution in [2.24, 2.45) is 0 Å². The van der Waals surface area contributed by atoms with Gasteiger partial charge in [-0.05, 0) is 37.9 Å². The molecule has 8 heteroatoms. The van der Waals surface area contributed by atoms with Gasteiger partial charge in [0.05, 0.1) is 20.2 Å². The van der Waals surface area contributed by atoms with E-state index in [4.69, 9.17) is 11.6 Å². The molecule has 1 atom stereocenters. The Morgan fingerprint density at radius 2 is 2.24 bits per heavy atom. The maximum atomic E-state index is 11.7.